The van der Waals surface area contributed by atoms with E-state index in [-0.39, 0.29) is 34.7 Å². The van der Waals surface area contributed by atoms with E-state index in [1.807, 2.05) is 0 Å². The molecule has 10 heteroatoms. The Morgan fingerprint density at radius 2 is 1.90 bits per heavy atom. The third-order valence-corrected chi connectivity index (χ3v) is 4.58. The summed E-state index contributed by atoms with van der Waals surface area (Å²) in [6.07, 6.45) is 2.51. The van der Waals surface area contributed by atoms with Crippen molar-refractivity contribution < 1.29 is 14.5 Å². The first-order valence-electron chi connectivity index (χ1n) is 8.84. The number of methoxy groups -OCH3 is 1. The molecular formula is C20H15N5O5. The van der Waals surface area contributed by atoms with Gasteiger partial charge in [-0.1, -0.05) is 24.3 Å². The lowest BCUT2D eigenvalue weighted by molar-refractivity contribution is -0.384. The normalized spacial score (nSPS) is 10.8. The van der Waals surface area contributed by atoms with Crippen molar-refractivity contribution in [1.82, 2.24) is 19.3 Å². The molecular weight excluding hydrogens is 390 g/mol. The van der Waals surface area contributed by atoms with Crippen LogP contribution in [0.3, 0.4) is 0 Å². The largest absolute Gasteiger partial charge is 0.496 e. The summed E-state index contributed by atoms with van der Waals surface area (Å²) in [5, 5.41) is 15.6. The van der Waals surface area contributed by atoms with Crippen molar-refractivity contribution in [3.8, 4) is 11.4 Å². The standard InChI is InChI=1S/C20H15N5O5/c1-30-18-9-5-2-6-13(18)17(26)11-23-12-21-19-14(20(23)27)10-22-24(19)15-7-3-4-8-16(15)25(28)29/h2-10,12H,11H2,1H3. The summed E-state index contributed by atoms with van der Waals surface area (Å²) in [6.45, 7) is -0.237. The molecule has 0 aliphatic heterocycles. The Balaban J connectivity index is 1.74. The molecule has 0 aliphatic carbocycles. The number of aromatic nitrogens is 4. The van der Waals surface area contributed by atoms with Gasteiger partial charge in [-0.15, -0.1) is 0 Å². The average molecular weight is 405 g/mol. The number of ether oxygens (including phenoxy) is 1. The Kier molecular flexibility index (Phi) is 4.80. The Hall–Kier alpha value is -4.34. The van der Waals surface area contributed by atoms with Crippen LogP contribution in [0.5, 0.6) is 5.75 Å². The Bertz CT molecular complexity index is 1340. The van der Waals surface area contributed by atoms with E-state index in [0.29, 0.717) is 11.3 Å². The van der Waals surface area contributed by atoms with Crippen molar-refractivity contribution in [2.75, 3.05) is 7.11 Å². The molecule has 2 aromatic carbocycles. The predicted molar refractivity (Wildman–Crippen MR) is 107 cm³/mol. The number of carbonyl (C=O) groups is 1. The highest BCUT2D eigenvalue weighted by Crippen LogP contribution is 2.24. The lowest BCUT2D eigenvalue weighted by Crippen LogP contribution is -2.24. The van der Waals surface area contributed by atoms with Crippen molar-refractivity contribution in [2.45, 2.75) is 6.54 Å². The smallest absolute Gasteiger partial charge is 0.294 e. The van der Waals surface area contributed by atoms with Gasteiger partial charge >= 0.3 is 0 Å². The second-order valence-corrected chi connectivity index (χ2v) is 6.34. The average Bonchev–Trinajstić information content (AvgIpc) is 3.20. The first-order valence-corrected chi connectivity index (χ1v) is 8.84. The van der Waals surface area contributed by atoms with E-state index in [1.165, 1.54) is 47.1 Å². The molecule has 4 rings (SSSR count). The van der Waals surface area contributed by atoms with Crippen molar-refractivity contribution >= 4 is 22.5 Å². The molecule has 4 aromatic rings. The van der Waals surface area contributed by atoms with E-state index in [9.17, 15) is 19.7 Å². The van der Waals surface area contributed by atoms with Crippen LogP contribution < -0.4 is 10.3 Å². The molecule has 0 radical (unpaired) electrons. The zero-order valence-electron chi connectivity index (χ0n) is 15.8. The van der Waals surface area contributed by atoms with Crippen LogP contribution in [0, 0.1) is 10.1 Å². The van der Waals surface area contributed by atoms with Gasteiger partial charge in [0.15, 0.2) is 11.4 Å². The topological polar surface area (TPSA) is 122 Å². The molecule has 30 heavy (non-hydrogen) atoms. The van der Waals surface area contributed by atoms with Crippen LogP contribution in [0.25, 0.3) is 16.7 Å². The number of hydrogen-bond acceptors (Lipinski definition) is 7. The van der Waals surface area contributed by atoms with Gasteiger partial charge in [0.05, 0.1) is 30.3 Å². The van der Waals surface area contributed by atoms with Crippen LogP contribution in [0.15, 0.2) is 65.8 Å². The number of nitrogens with zero attached hydrogens (tertiary/aromatic N) is 5. The Labute approximate surface area is 169 Å². The molecule has 0 saturated carbocycles. The highest BCUT2D eigenvalue weighted by atomic mass is 16.6. The van der Waals surface area contributed by atoms with Crippen molar-refractivity contribution in [2.24, 2.45) is 0 Å². The molecule has 0 N–H and O–H groups in total. The van der Waals surface area contributed by atoms with Crippen LogP contribution in [-0.4, -0.2) is 37.1 Å². The van der Waals surface area contributed by atoms with Gasteiger partial charge in [-0.2, -0.15) is 5.10 Å². The lowest BCUT2D eigenvalue weighted by atomic mass is 10.1. The summed E-state index contributed by atoms with van der Waals surface area (Å²) < 4.78 is 7.60. The molecule has 0 fully saturated rings. The van der Waals surface area contributed by atoms with Gasteiger partial charge in [-0.3, -0.25) is 24.3 Å². The second-order valence-electron chi connectivity index (χ2n) is 6.34. The van der Waals surface area contributed by atoms with Crippen molar-refractivity contribution in [1.29, 1.82) is 0 Å². The predicted octanol–water partition coefficient (Wildman–Crippen LogP) is 2.38. The molecule has 0 spiro atoms. The zero-order valence-corrected chi connectivity index (χ0v) is 15.8. The molecule has 0 atom stereocenters. The van der Waals surface area contributed by atoms with Crippen LogP contribution >= 0.6 is 0 Å². The number of nitro groups is 1. The van der Waals surface area contributed by atoms with Crippen LogP contribution in [0.4, 0.5) is 5.69 Å². The molecule has 10 nitrogen and oxygen atoms in total. The highest BCUT2D eigenvalue weighted by Gasteiger charge is 2.20. The van der Waals surface area contributed by atoms with Gasteiger partial charge in [0, 0.05) is 6.07 Å². The minimum Gasteiger partial charge on any atom is -0.496 e. The van der Waals surface area contributed by atoms with Crippen LogP contribution in [-0.2, 0) is 6.54 Å². The summed E-state index contributed by atoms with van der Waals surface area (Å²) in [5.41, 5.74) is 0.0538. The maximum absolute atomic E-state index is 12.9. The summed E-state index contributed by atoms with van der Waals surface area (Å²) in [5.74, 6) is 0.0931. The monoisotopic (exact) mass is 405 g/mol. The van der Waals surface area contributed by atoms with Gasteiger partial charge in [-0.25, -0.2) is 9.67 Å². The molecule has 0 saturated heterocycles. The number of fused-ring (bicyclic) bond motifs is 1. The third-order valence-electron chi connectivity index (χ3n) is 4.58. The lowest BCUT2D eigenvalue weighted by Gasteiger charge is -2.09. The van der Waals surface area contributed by atoms with E-state index in [4.69, 9.17) is 4.74 Å². The maximum atomic E-state index is 12.9. The molecule has 150 valence electrons. The van der Waals surface area contributed by atoms with Gasteiger partial charge < -0.3 is 4.74 Å². The van der Waals surface area contributed by atoms with E-state index >= 15 is 0 Å². The first kappa shape index (κ1) is 19.0. The molecule has 0 amide bonds. The fourth-order valence-corrected chi connectivity index (χ4v) is 3.15. The van der Waals surface area contributed by atoms with E-state index in [1.54, 1.807) is 30.3 Å². The third kappa shape index (κ3) is 3.20. The van der Waals surface area contributed by atoms with E-state index < -0.39 is 10.5 Å². The highest BCUT2D eigenvalue weighted by molar-refractivity contribution is 5.98. The van der Waals surface area contributed by atoms with Crippen molar-refractivity contribution in [3.63, 3.8) is 0 Å². The molecule has 0 bridgehead atoms. The summed E-state index contributed by atoms with van der Waals surface area (Å²) in [4.78, 5) is 40.5. The second kappa shape index (κ2) is 7.59. The zero-order chi connectivity index (χ0) is 21.3. The first-order chi connectivity index (χ1) is 14.5. The van der Waals surface area contributed by atoms with E-state index in [0.717, 1.165) is 0 Å². The van der Waals surface area contributed by atoms with Crippen molar-refractivity contribution in [3.05, 3.63) is 87.1 Å². The van der Waals surface area contributed by atoms with Crippen LogP contribution in [0.2, 0.25) is 0 Å². The number of benzene rings is 2. The van der Waals surface area contributed by atoms with Gasteiger partial charge in [0.2, 0.25) is 0 Å². The SMILES string of the molecule is COc1ccccc1C(=O)Cn1cnc2c(cnn2-c2ccccc2[N+](=O)[O-])c1=O. The number of para-hydroxylation sites is 3. The summed E-state index contributed by atoms with van der Waals surface area (Å²) in [7, 11) is 1.46. The fraction of sp³-hybridized carbons (Fsp3) is 0.100. The number of ketones is 1. The minimum absolute atomic E-state index is 0.142. The number of rotatable bonds is 6. The Morgan fingerprint density at radius 3 is 2.67 bits per heavy atom. The van der Waals surface area contributed by atoms with Gasteiger partial charge in [0.1, 0.15) is 23.2 Å². The molecule has 0 aliphatic rings. The number of Topliss-reactive ketones (excluding diaryl/α,β-unsaturated/α-hetero) is 1. The summed E-state index contributed by atoms with van der Waals surface area (Å²) in [6, 6.07) is 12.8. The quantitative estimate of drug-likeness (QED) is 0.274. The number of nitro benzene ring substituents is 1. The minimum atomic E-state index is -0.532. The maximum Gasteiger partial charge on any atom is 0.294 e. The number of carbonyl (C=O) groups excluding carboxylic acids is 1. The van der Waals surface area contributed by atoms with E-state index in [2.05, 4.69) is 10.1 Å². The van der Waals surface area contributed by atoms with Crippen LogP contribution in [0.1, 0.15) is 10.4 Å². The van der Waals surface area contributed by atoms with Gasteiger partial charge in [0.25, 0.3) is 11.2 Å². The van der Waals surface area contributed by atoms with Gasteiger partial charge in [-0.05, 0) is 18.2 Å². The summed E-state index contributed by atoms with van der Waals surface area (Å²) >= 11 is 0. The Morgan fingerprint density at radius 1 is 1.17 bits per heavy atom. The molecule has 2 heterocycles. The number of hydrogen-bond donors (Lipinski definition) is 0. The molecule has 0 unspecified atom stereocenters. The fourth-order valence-electron chi connectivity index (χ4n) is 3.15. The molecule has 2 aromatic heterocycles.